The predicted molar refractivity (Wildman–Crippen MR) is 72.2 cm³/mol. The second-order valence-electron chi connectivity index (χ2n) is 4.65. The van der Waals surface area contributed by atoms with E-state index < -0.39 is 18.1 Å². The number of methoxy groups -OCH3 is 1. The Bertz CT molecular complexity index is 432. The Balaban J connectivity index is 2.88. The third-order valence-electron chi connectivity index (χ3n) is 2.88. The van der Waals surface area contributed by atoms with Gasteiger partial charge in [0, 0.05) is 0 Å². The highest BCUT2D eigenvalue weighted by atomic mass is 16.5. The number of amides is 1. The molecule has 0 fully saturated rings. The van der Waals surface area contributed by atoms with Crippen LogP contribution < -0.4 is 11.1 Å². The molecule has 2 atom stereocenters. The van der Waals surface area contributed by atoms with Gasteiger partial charge in [-0.25, -0.2) is 4.79 Å². The van der Waals surface area contributed by atoms with E-state index in [0.29, 0.717) is 5.56 Å². The maximum Gasteiger partial charge on any atom is 0.333 e. The summed E-state index contributed by atoms with van der Waals surface area (Å²) in [7, 11) is 1.28. The third-order valence-corrected chi connectivity index (χ3v) is 2.88. The second kappa shape index (κ2) is 6.89. The molecule has 104 valence electrons. The molecule has 1 rings (SSSR count). The van der Waals surface area contributed by atoms with Crippen molar-refractivity contribution >= 4 is 11.9 Å². The number of nitrogens with two attached hydrogens (primary N) is 1. The Morgan fingerprint density at radius 2 is 1.79 bits per heavy atom. The first kappa shape index (κ1) is 15.2. The molecule has 0 saturated carbocycles. The molecule has 0 bridgehead atoms. The molecule has 0 unspecified atom stereocenters. The van der Waals surface area contributed by atoms with Gasteiger partial charge in [-0.3, -0.25) is 4.79 Å². The van der Waals surface area contributed by atoms with E-state index in [1.165, 1.54) is 7.11 Å². The Labute approximate surface area is 113 Å². The number of nitrogens with one attached hydrogen (secondary N) is 1. The van der Waals surface area contributed by atoms with E-state index in [4.69, 9.17) is 10.5 Å². The van der Waals surface area contributed by atoms with E-state index in [0.717, 1.165) is 0 Å². The molecule has 1 amide bonds. The highest BCUT2D eigenvalue weighted by Gasteiger charge is 2.26. The molecular weight excluding hydrogens is 244 g/mol. The average molecular weight is 264 g/mol. The topological polar surface area (TPSA) is 81.4 Å². The minimum atomic E-state index is -0.830. The summed E-state index contributed by atoms with van der Waals surface area (Å²) in [6, 6.07) is 7.43. The van der Waals surface area contributed by atoms with Crippen LogP contribution in [0.5, 0.6) is 0 Å². The molecule has 0 aliphatic heterocycles. The van der Waals surface area contributed by atoms with Crippen LogP contribution in [0.2, 0.25) is 0 Å². The summed E-state index contributed by atoms with van der Waals surface area (Å²) >= 11 is 0. The van der Waals surface area contributed by atoms with Crippen molar-refractivity contribution in [1.29, 1.82) is 0 Å². The molecule has 1 aromatic rings. The molecule has 0 heterocycles. The van der Waals surface area contributed by atoms with Crippen molar-refractivity contribution in [3.05, 3.63) is 35.9 Å². The fourth-order valence-electron chi connectivity index (χ4n) is 1.58. The average Bonchev–Trinajstić information content (AvgIpc) is 2.43. The van der Waals surface area contributed by atoms with E-state index in [1.54, 1.807) is 24.3 Å². The summed E-state index contributed by atoms with van der Waals surface area (Å²) in [5.41, 5.74) is 6.43. The van der Waals surface area contributed by atoms with Gasteiger partial charge in [-0.15, -0.1) is 0 Å². The zero-order valence-corrected chi connectivity index (χ0v) is 11.4. The van der Waals surface area contributed by atoms with Gasteiger partial charge in [-0.2, -0.15) is 0 Å². The van der Waals surface area contributed by atoms with E-state index in [1.807, 2.05) is 19.9 Å². The van der Waals surface area contributed by atoms with Crippen LogP contribution in [0.15, 0.2) is 30.3 Å². The van der Waals surface area contributed by atoms with Gasteiger partial charge < -0.3 is 15.8 Å². The van der Waals surface area contributed by atoms with Crippen LogP contribution in [0.3, 0.4) is 0 Å². The summed E-state index contributed by atoms with van der Waals surface area (Å²) in [4.78, 5) is 23.7. The van der Waals surface area contributed by atoms with Gasteiger partial charge in [0.2, 0.25) is 5.91 Å². The lowest BCUT2D eigenvalue weighted by Gasteiger charge is -2.21. The molecule has 1 aromatic carbocycles. The van der Waals surface area contributed by atoms with Gasteiger partial charge in [0.25, 0.3) is 0 Å². The van der Waals surface area contributed by atoms with Crippen LogP contribution in [0.4, 0.5) is 0 Å². The van der Waals surface area contributed by atoms with Crippen LogP contribution in [-0.2, 0) is 14.3 Å². The first-order chi connectivity index (χ1) is 8.97. The summed E-state index contributed by atoms with van der Waals surface area (Å²) in [5, 5.41) is 2.63. The highest BCUT2D eigenvalue weighted by molar-refractivity contribution is 5.88. The summed E-state index contributed by atoms with van der Waals surface area (Å²) in [6.45, 7) is 3.69. The summed E-state index contributed by atoms with van der Waals surface area (Å²) in [5.74, 6) is -0.890. The number of ether oxygens (including phenoxy) is 1. The number of hydrogen-bond donors (Lipinski definition) is 2. The smallest absolute Gasteiger partial charge is 0.333 e. The van der Waals surface area contributed by atoms with Crippen molar-refractivity contribution in [2.45, 2.75) is 25.9 Å². The Morgan fingerprint density at radius 1 is 1.21 bits per heavy atom. The Hall–Kier alpha value is -1.88. The van der Waals surface area contributed by atoms with Gasteiger partial charge in [0.05, 0.1) is 13.2 Å². The van der Waals surface area contributed by atoms with Crippen LogP contribution in [0.1, 0.15) is 25.5 Å². The molecule has 0 aliphatic carbocycles. The maximum absolute atomic E-state index is 11.9. The summed E-state index contributed by atoms with van der Waals surface area (Å²) < 4.78 is 4.71. The van der Waals surface area contributed by atoms with Crippen LogP contribution in [0.25, 0.3) is 0 Å². The van der Waals surface area contributed by atoms with Crippen molar-refractivity contribution in [3.63, 3.8) is 0 Å². The molecular formula is C14H20N2O3. The normalized spacial score (nSPS) is 13.7. The van der Waals surface area contributed by atoms with E-state index in [2.05, 4.69) is 5.32 Å². The maximum atomic E-state index is 11.9. The van der Waals surface area contributed by atoms with Crippen molar-refractivity contribution < 1.29 is 14.3 Å². The van der Waals surface area contributed by atoms with Gasteiger partial charge in [-0.05, 0) is 11.5 Å². The molecule has 19 heavy (non-hydrogen) atoms. The fraction of sp³-hybridized carbons (Fsp3) is 0.429. The summed E-state index contributed by atoms with van der Waals surface area (Å²) in [6.07, 6.45) is 0. The molecule has 0 aromatic heterocycles. The molecule has 0 radical (unpaired) electrons. The van der Waals surface area contributed by atoms with E-state index in [-0.39, 0.29) is 11.8 Å². The molecule has 5 heteroatoms. The number of rotatable bonds is 5. The molecule has 0 spiro atoms. The van der Waals surface area contributed by atoms with E-state index in [9.17, 15) is 9.59 Å². The van der Waals surface area contributed by atoms with Crippen molar-refractivity contribution in [1.82, 2.24) is 5.32 Å². The van der Waals surface area contributed by atoms with Gasteiger partial charge in [0.1, 0.15) is 0 Å². The fourth-order valence-corrected chi connectivity index (χ4v) is 1.58. The SMILES string of the molecule is COC(=O)[C@@H](NC(=O)[C@@H](N)C(C)C)c1ccccc1. The molecule has 5 nitrogen and oxygen atoms in total. The van der Waals surface area contributed by atoms with Crippen molar-refractivity contribution in [2.24, 2.45) is 11.7 Å². The standard InChI is InChI=1S/C14H20N2O3/c1-9(2)11(15)13(17)16-12(14(18)19-3)10-7-5-4-6-8-10/h4-9,11-12H,15H2,1-3H3,(H,16,17)/t11-,12-/m0/s1. The predicted octanol–water partition coefficient (Wildman–Crippen LogP) is 1.00. The number of carbonyl (C=O) groups is 2. The third kappa shape index (κ3) is 4.06. The first-order valence-electron chi connectivity index (χ1n) is 6.16. The number of carbonyl (C=O) groups excluding carboxylic acids is 2. The lowest BCUT2D eigenvalue weighted by molar-refractivity contribution is -0.145. The second-order valence-corrected chi connectivity index (χ2v) is 4.65. The van der Waals surface area contributed by atoms with Gasteiger partial charge >= 0.3 is 5.97 Å². The van der Waals surface area contributed by atoms with E-state index >= 15 is 0 Å². The molecule has 0 aliphatic rings. The quantitative estimate of drug-likeness (QED) is 0.777. The van der Waals surface area contributed by atoms with Gasteiger partial charge in [-0.1, -0.05) is 44.2 Å². The number of esters is 1. The monoisotopic (exact) mass is 264 g/mol. The van der Waals surface area contributed by atoms with Crippen LogP contribution in [-0.4, -0.2) is 25.0 Å². The lowest BCUT2D eigenvalue weighted by atomic mass is 10.0. The first-order valence-corrected chi connectivity index (χ1v) is 6.16. The van der Waals surface area contributed by atoms with Crippen LogP contribution >= 0.6 is 0 Å². The highest BCUT2D eigenvalue weighted by Crippen LogP contribution is 2.14. The lowest BCUT2D eigenvalue weighted by Crippen LogP contribution is -2.47. The largest absolute Gasteiger partial charge is 0.467 e. The minimum absolute atomic E-state index is 0.00549. The van der Waals surface area contributed by atoms with Crippen molar-refractivity contribution in [2.75, 3.05) is 7.11 Å². The number of hydrogen-bond acceptors (Lipinski definition) is 4. The number of benzene rings is 1. The Morgan fingerprint density at radius 3 is 2.26 bits per heavy atom. The van der Waals surface area contributed by atoms with Crippen molar-refractivity contribution in [3.8, 4) is 0 Å². The van der Waals surface area contributed by atoms with Gasteiger partial charge in [0.15, 0.2) is 6.04 Å². The zero-order chi connectivity index (χ0) is 14.4. The zero-order valence-electron chi connectivity index (χ0n) is 11.4. The Kier molecular flexibility index (Phi) is 5.51. The molecule has 0 saturated heterocycles. The minimum Gasteiger partial charge on any atom is -0.467 e. The van der Waals surface area contributed by atoms with Crippen LogP contribution in [0, 0.1) is 5.92 Å². The molecule has 3 N–H and O–H groups in total.